The van der Waals surface area contributed by atoms with Crippen LogP contribution in [0.3, 0.4) is 0 Å². The fraction of sp³-hybridized carbons (Fsp3) is 0.561. The molecule has 0 radical (unpaired) electrons. The van der Waals surface area contributed by atoms with Crippen molar-refractivity contribution >= 4 is 28.2 Å². The van der Waals surface area contributed by atoms with Crippen molar-refractivity contribution in [2.24, 2.45) is 0 Å². The summed E-state index contributed by atoms with van der Waals surface area (Å²) >= 11 is 0. The van der Waals surface area contributed by atoms with Crippen LogP contribution in [0.2, 0.25) is 0 Å². The number of anilines is 2. The second kappa shape index (κ2) is 13.6. The van der Waals surface area contributed by atoms with Crippen LogP contribution < -0.4 is 19.9 Å². The molecular weight excluding hydrogens is 705 g/mol. The summed E-state index contributed by atoms with van der Waals surface area (Å²) in [6, 6.07) is 9.29. The number of ether oxygens (including phenoxy) is 1. The summed E-state index contributed by atoms with van der Waals surface area (Å²) in [7, 11) is 0. The smallest absolute Gasteiger partial charge is 0.318 e. The molecule has 2 bridgehead atoms. The number of phenolic OH excluding ortho intramolecular Hbond substituents is 1. The zero-order valence-electron chi connectivity index (χ0n) is 31.4. The summed E-state index contributed by atoms with van der Waals surface area (Å²) in [6.07, 6.45) is 5.50. The molecule has 0 aliphatic carbocycles. The third-order valence-corrected chi connectivity index (χ3v) is 13.2. The van der Waals surface area contributed by atoms with Gasteiger partial charge in [0.15, 0.2) is 5.69 Å². The number of aromatic nitrogens is 4. The maximum atomic E-state index is 15.2. The lowest BCUT2D eigenvalue weighted by molar-refractivity contribution is 0.0612. The Hall–Kier alpha value is -4.56. The van der Waals surface area contributed by atoms with Crippen molar-refractivity contribution in [1.29, 1.82) is 0 Å². The topological polar surface area (TPSA) is 115 Å². The molecule has 6 aliphatic rings. The Morgan fingerprint density at radius 1 is 1.04 bits per heavy atom. The van der Waals surface area contributed by atoms with Crippen LogP contribution in [0.15, 0.2) is 30.3 Å². The van der Waals surface area contributed by atoms with Crippen LogP contribution in [0.1, 0.15) is 78.5 Å². The van der Waals surface area contributed by atoms with Crippen molar-refractivity contribution < 1.29 is 23.4 Å². The summed E-state index contributed by atoms with van der Waals surface area (Å²) in [4.78, 5) is 32.7. The van der Waals surface area contributed by atoms with Crippen LogP contribution in [0.25, 0.3) is 10.8 Å². The van der Waals surface area contributed by atoms with Crippen LogP contribution in [-0.4, -0.2) is 110 Å². The summed E-state index contributed by atoms with van der Waals surface area (Å²) in [6.45, 7) is 8.23. The second-order valence-corrected chi connectivity index (χ2v) is 16.5. The monoisotopic (exact) mass is 753 g/mol. The molecule has 8 heterocycles. The van der Waals surface area contributed by atoms with Crippen LogP contribution in [0, 0.1) is 5.82 Å². The van der Waals surface area contributed by atoms with E-state index in [-0.39, 0.29) is 41.1 Å². The number of benzene rings is 2. The molecule has 2 aromatic carbocycles. The molecule has 12 nitrogen and oxygen atoms in total. The number of nitrogens with one attached hydrogen (secondary N) is 1. The number of hydrogen-bond donors (Lipinski definition) is 2. The lowest BCUT2D eigenvalue weighted by Crippen LogP contribution is -2.54. The van der Waals surface area contributed by atoms with Crippen molar-refractivity contribution in [3.8, 4) is 11.8 Å². The molecule has 10 rings (SSSR count). The maximum Gasteiger partial charge on any atom is 0.318 e. The number of phenols is 1. The van der Waals surface area contributed by atoms with Gasteiger partial charge in [0, 0.05) is 80.5 Å². The molecule has 1 amide bonds. The first kappa shape index (κ1) is 34.9. The molecule has 4 atom stereocenters. The number of fused-ring (bicyclic) bond motifs is 6. The minimum absolute atomic E-state index is 0.0182. The molecule has 290 valence electrons. The third kappa shape index (κ3) is 5.98. The quantitative estimate of drug-likeness (QED) is 0.275. The highest BCUT2D eigenvalue weighted by Crippen LogP contribution is 2.42. The molecule has 0 saturated carbocycles. The lowest BCUT2D eigenvalue weighted by Gasteiger charge is -2.35. The average molecular weight is 754 g/mol. The van der Waals surface area contributed by atoms with E-state index in [1.807, 2.05) is 17.7 Å². The van der Waals surface area contributed by atoms with Gasteiger partial charge in [-0.1, -0.05) is 13.0 Å². The Kier molecular flexibility index (Phi) is 8.61. The minimum atomic E-state index is -0.868. The van der Waals surface area contributed by atoms with Gasteiger partial charge in [-0.15, -0.1) is 0 Å². The van der Waals surface area contributed by atoms with Gasteiger partial charge in [0.05, 0.1) is 30.0 Å². The molecule has 6 aliphatic heterocycles. The molecule has 2 aromatic heterocycles. The largest absolute Gasteiger partial charge is 0.508 e. The van der Waals surface area contributed by atoms with Gasteiger partial charge in [-0.25, -0.2) is 8.78 Å². The van der Waals surface area contributed by atoms with E-state index in [1.54, 1.807) is 18.2 Å². The van der Waals surface area contributed by atoms with Crippen LogP contribution in [0.4, 0.5) is 20.3 Å². The summed E-state index contributed by atoms with van der Waals surface area (Å²) < 4.78 is 38.4. The number of aromatic hydroxyl groups is 1. The van der Waals surface area contributed by atoms with Gasteiger partial charge in [-0.05, 0) is 80.6 Å². The van der Waals surface area contributed by atoms with E-state index in [0.717, 1.165) is 97.5 Å². The Bertz CT molecular complexity index is 2150. The van der Waals surface area contributed by atoms with Gasteiger partial charge in [0.1, 0.15) is 30.2 Å². The third-order valence-electron chi connectivity index (χ3n) is 13.2. The second-order valence-electron chi connectivity index (χ2n) is 16.5. The average Bonchev–Trinajstić information content (AvgIpc) is 3.88. The predicted molar refractivity (Wildman–Crippen MR) is 204 cm³/mol. The summed E-state index contributed by atoms with van der Waals surface area (Å²) in [5, 5.41) is 20.7. The van der Waals surface area contributed by atoms with E-state index in [0.29, 0.717) is 69.9 Å². The van der Waals surface area contributed by atoms with Crippen molar-refractivity contribution in [2.75, 3.05) is 55.7 Å². The lowest BCUT2D eigenvalue weighted by atomic mass is 9.95. The normalized spacial score (nSPS) is 26.3. The fourth-order valence-electron chi connectivity index (χ4n) is 10.6. The molecular formula is C41H49F2N9O3. The van der Waals surface area contributed by atoms with Gasteiger partial charge >= 0.3 is 6.01 Å². The van der Waals surface area contributed by atoms with Crippen LogP contribution in [-0.2, 0) is 32.5 Å². The van der Waals surface area contributed by atoms with Crippen molar-refractivity contribution in [2.45, 2.75) is 102 Å². The Morgan fingerprint density at radius 3 is 2.73 bits per heavy atom. The van der Waals surface area contributed by atoms with E-state index in [9.17, 15) is 14.3 Å². The van der Waals surface area contributed by atoms with Gasteiger partial charge in [0.25, 0.3) is 5.91 Å². The SMILES string of the molecule is CCc1c(F)ccc2cc(O)cc(N3CCc4c(nc(OC[C@@]56CCCN5C[C@H](F)C6)nc4N4CCCn5nc(C(=O)N6C7CCC6CNC7)cc5C4)C3)c12. The number of nitrogens with zero attached hydrogens (tertiary/aromatic N) is 8. The molecule has 4 aromatic rings. The number of carbonyl (C=O) groups excluding carboxylic acids is 1. The number of amides is 1. The minimum Gasteiger partial charge on any atom is -0.508 e. The van der Waals surface area contributed by atoms with E-state index >= 15 is 4.39 Å². The zero-order chi connectivity index (χ0) is 37.4. The number of piperazine rings is 1. The number of aryl methyl sites for hydroxylation is 2. The van der Waals surface area contributed by atoms with E-state index in [2.05, 4.69) is 24.9 Å². The number of alkyl halides is 1. The first-order chi connectivity index (χ1) is 26.8. The molecule has 4 fully saturated rings. The molecule has 2 N–H and O–H groups in total. The van der Waals surface area contributed by atoms with Gasteiger partial charge in [-0.2, -0.15) is 15.1 Å². The predicted octanol–water partition coefficient (Wildman–Crippen LogP) is 4.74. The van der Waals surface area contributed by atoms with Gasteiger partial charge < -0.3 is 29.9 Å². The first-order valence-corrected chi connectivity index (χ1v) is 20.2. The summed E-state index contributed by atoms with van der Waals surface area (Å²) in [5.74, 6) is 0.692. The molecule has 55 heavy (non-hydrogen) atoms. The Labute approximate surface area is 319 Å². The van der Waals surface area contributed by atoms with Crippen molar-refractivity contribution in [3.05, 3.63) is 64.4 Å². The van der Waals surface area contributed by atoms with E-state index in [1.165, 1.54) is 6.07 Å². The van der Waals surface area contributed by atoms with Gasteiger partial charge in [-0.3, -0.25) is 14.4 Å². The first-order valence-electron chi connectivity index (χ1n) is 20.2. The highest BCUT2D eigenvalue weighted by atomic mass is 19.1. The maximum absolute atomic E-state index is 15.2. The Balaban J connectivity index is 0.996. The standard InChI is InChI=1S/C41H49F2N9O3/c1-2-31-33(43)8-5-25-15-30(53)17-36(37(25)31)48-14-9-32-35(23-48)45-40(55-24-41-10-3-12-50(41)21-26(42)18-41)46-38(32)49-11-4-13-51-29(22-49)16-34(47-51)39(54)52-27-6-7-28(52)20-44-19-27/h5,8,15-17,26-28,44,53H,2-4,6-7,9-14,18-24H2,1H3/t26-,27?,28?,41+/m1/s1. The van der Waals surface area contributed by atoms with Gasteiger partial charge in [0.2, 0.25) is 0 Å². The molecule has 2 unspecified atom stereocenters. The summed E-state index contributed by atoms with van der Waals surface area (Å²) in [5.41, 5.74) is 4.36. The molecule has 0 spiro atoms. The highest BCUT2D eigenvalue weighted by Gasteiger charge is 2.49. The van der Waals surface area contributed by atoms with E-state index in [4.69, 9.17) is 19.8 Å². The van der Waals surface area contributed by atoms with Crippen molar-refractivity contribution in [1.82, 2.24) is 34.9 Å². The van der Waals surface area contributed by atoms with E-state index < -0.39 is 6.17 Å². The number of rotatable bonds is 7. The molecule has 4 saturated heterocycles. The molecule has 14 heteroatoms. The fourth-order valence-corrected chi connectivity index (χ4v) is 10.6. The Morgan fingerprint density at radius 2 is 1.89 bits per heavy atom. The van der Waals surface area contributed by atoms with Crippen molar-refractivity contribution in [3.63, 3.8) is 0 Å². The zero-order valence-corrected chi connectivity index (χ0v) is 31.4. The number of carbonyl (C=O) groups is 1. The number of halogens is 2. The van der Waals surface area contributed by atoms with Crippen LogP contribution >= 0.6 is 0 Å². The highest BCUT2D eigenvalue weighted by molar-refractivity contribution is 5.98. The number of hydrogen-bond acceptors (Lipinski definition) is 10. The van der Waals surface area contributed by atoms with Crippen LogP contribution in [0.5, 0.6) is 11.8 Å².